The van der Waals surface area contributed by atoms with E-state index in [4.69, 9.17) is 0 Å². The predicted octanol–water partition coefficient (Wildman–Crippen LogP) is 4.28. The van der Waals surface area contributed by atoms with Gasteiger partial charge in [-0.05, 0) is 60.0 Å². The first kappa shape index (κ1) is 24.8. The van der Waals surface area contributed by atoms with E-state index in [1.165, 1.54) is 0 Å². The maximum absolute atomic E-state index is 13.3. The number of benzene rings is 2. The first-order chi connectivity index (χ1) is 15.7. The van der Waals surface area contributed by atoms with Crippen molar-refractivity contribution in [3.63, 3.8) is 0 Å². The van der Waals surface area contributed by atoms with E-state index in [-0.39, 0.29) is 23.8 Å². The molecule has 1 aliphatic rings. The van der Waals surface area contributed by atoms with Crippen LogP contribution in [0.25, 0.3) is 0 Å². The van der Waals surface area contributed by atoms with E-state index in [2.05, 4.69) is 26.6 Å². The molecule has 1 fully saturated rings. The molecule has 7 nitrogen and oxygen atoms in total. The highest BCUT2D eigenvalue weighted by molar-refractivity contribution is 9.10. The number of para-hydroxylation sites is 1. The summed E-state index contributed by atoms with van der Waals surface area (Å²) in [5.74, 6) is -0.257. The van der Waals surface area contributed by atoms with Crippen LogP contribution in [-0.4, -0.2) is 59.4 Å². The molecule has 2 unspecified atom stereocenters. The Labute approximate surface area is 203 Å². The van der Waals surface area contributed by atoms with Gasteiger partial charge >= 0.3 is 6.03 Å². The minimum absolute atomic E-state index is 0.0269. The maximum Gasteiger partial charge on any atom is 0.319 e. The summed E-state index contributed by atoms with van der Waals surface area (Å²) in [4.78, 5) is 42.4. The van der Waals surface area contributed by atoms with Gasteiger partial charge in [0, 0.05) is 35.7 Å². The number of aryl methyl sites for hydroxylation is 1. The largest absolute Gasteiger partial charge is 0.337 e. The molecular weight excluding hydrogens is 484 g/mol. The lowest BCUT2D eigenvalue weighted by Crippen LogP contribution is -2.60. The van der Waals surface area contributed by atoms with E-state index >= 15 is 0 Å². The van der Waals surface area contributed by atoms with E-state index in [1.807, 2.05) is 75.1 Å². The first-order valence-corrected chi connectivity index (χ1v) is 11.9. The second-order valence-electron chi connectivity index (χ2n) is 8.80. The average Bonchev–Trinajstić information content (AvgIpc) is 2.78. The summed E-state index contributed by atoms with van der Waals surface area (Å²) in [6.07, 6.45) is 0. The normalized spacial score (nSPS) is 17.0. The zero-order chi connectivity index (χ0) is 24.1. The molecule has 2 aromatic rings. The van der Waals surface area contributed by atoms with Gasteiger partial charge in [0.05, 0.1) is 5.69 Å². The maximum atomic E-state index is 13.3. The van der Waals surface area contributed by atoms with Crippen LogP contribution >= 0.6 is 15.9 Å². The Morgan fingerprint density at radius 1 is 1.03 bits per heavy atom. The minimum Gasteiger partial charge on any atom is -0.337 e. The number of amides is 4. The fourth-order valence-corrected chi connectivity index (χ4v) is 4.28. The number of hydrogen-bond acceptors (Lipinski definition) is 3. The number of rotatable bonds is 5. The molecule has 1 saturated heterocycles. The standard InChI is InChI=1S/C25H31BrN4O3/c1-16(2)22(28-25(33)27-21-8-6-5-7-20(21)26)24(32)29-13-14-30(18(4)15-29)23(31)19-11-9-17(3)10-12-19/h5-12,16,18,22H,13-15H2,1-4H3,(H2,27,28,33). The van der Waals surface area contributed by atoms with E-state index in [9.17, 15) is 14.4 Å². The molecule has 0 bridgehead atoms. The zero-order valence-corrected chi connectivity index (χ0v) is 21.1. The van der Waals surface area contributed by atoms with Gasteiger partial charge in [0.15, 0.2) is 0 Å². The molecule has 3 rings (SSSR count). The molecule has 2 N–H and O–H groups in total. The Morgan fingerprint density at radius 3 is 2.30 bits per heavy atom. The van der Waals surface area contributed by atoms with Gasteiger partial charge in [-0.15, -0.1) is 0 Å². The van der Waals surface area contributed by atoms with Crippen LogP contribution in [0.1, 0.15) is 36.7 Å². The number of nitrogens with one attached hydrogen (secondary N) is 2. The smallest absolute Gasteiger partial charge is 0.319 e. The van der Waals surface area contributed by atoms with Crippen molar-refractivity contribution in [3.8, 4) is 0 Å². The summed E-state index contributed by atoms with van der Waals surface area (Å²) in [6, 6.07) is 13.6. The summed E-state index contributed by atoms with van der Waals surface area (Å²) in [6.45, 7) is 9.05. The first-order valence-electron chi connectivity index (χ1n) is 11.2. The average molecular weight is 515 g/mol. The highest BCUT2D eigenvalue weighted by Crippen LogP contribution is 2.21. The summed E-state index contributed by atoms with van der Waals surface area (Å²) in [5.41, 5.74) is 2.38. The van der Waals surface area contributed by atoms with Crippen molar-refractivity contribution in [1.29, 1.82) is 0 Å². The molecule has 0 saturated carbocycles. The van der Waals surface area contributed by atoms with Crippen LogP contribution in [0.5, 0.6) is 0 Å². The SMILES string of the molecule is Cc1ccc(C(=O)N2CCN(C(=O)C(NC(=O)Nc3ccccc3Br)C(C)C)CC2C)cc1. The van der Waals surface area contributed by atoms with Gasteiger partial charge in [0.25, 0.3) is 5.91 Å². The summed E-state index contributed by atoms with van der Waals surface area (Å²) in [5, 5.41) is 5.61. The van der Waals surface area contributed by atoms with Crippen molar-refractivity contribution in [2.24, 2.45) is 5.92 Å². The van der Waals surface area contributed by atoms with E-state index < -0.39 is 12.1 Å². The number of carbonyl (C=O) groups excluding carboxylic acids is 3. The van der Waals surface area contributed by atoms with Crippen LogP contribution < -0.4 is 10.6 Å². The van der Waals surface area contributed by atoms with Crippen LogP contribution in [0.2, 0.25) is 0 Å². The quantitative estimate of drug-likeness (QED) is 0.624. The highest BCUT2D eigenvalue weighted by Gasteiger charge is 2.34. The molecule has 33 heavy (non-hydrogen) atoms. The molecular formula is C25H31BrN4O3. The minimum atomic E-state index is -0.668. The lowest BCUT2D eigenvalue weighted by atomic mass is 10.0. The molecule has 176 valence electrons. The van der Waals surface area contributed by atoms with Crippen LogP contribution in [-0.2, 0) is 4.79 Å². The predicted molar refractivity (Wildman–Crippen MR) is 133 cm³/mol. The van der Waals surface area contributed by atoms with Crippen molar-refractivity contribution in [3.05, 3.63) is 64.1 Å². The van der Waals surface area contributed by atoms with Gasteiger partial charge in [-0.25, -0.2) is 4.79 Å². The van der Waals surface area contributed by atoms with Crippen molar-refractivity contribution in [2.45, 2.75) is 39.8 Å². The molecule has 8 heteroatoms. The van der Waals surface area contributed by atoms with E-state index in [0.717, 1.165) is 10.0 Å². The monoisotopic (exact) mass is 514 g/mol. The fraction of sp³-hybridized carbons (Fsp3) is 0.400. The summed E-state index contributed by atoms with van der Waals surface area (Å²) >= 11 is 3.41. The number of nitrogens with zero attached hydrogens (tertiary/aromatic N) is 2. The number of piperazine rings is 1. The lowest BCUT2D eigenvalue weighted by Gasteiger charge is -2.41. The van der Waals surface area contributed by atoms with Crippen molar-refractivity contribution < 1.29 is 14.4 Å². The Bertz CT molecular complexity index is 1010. The fourth-order valence-electron chi connectivity index (χ4n) is 3.89. The molecule has 0 aliphatic carbocycles. The number of urea groups is 1. The van der Waals surface area contributed by atoms with Gasteiger partial charge in [-0.1, -0.05) is 43.7 Å². The Balaban J connectivity index is 1.62. The third-order valence-corrected chi connectivity index (χ3v) is 6.53. The highest BCUT2D eigenvalue weighted by atomic mass is 79.9. The Morgan fingerprint density at radius 2 is 1.70 bits per heavy atom. The number of anilines is 1. The zero-order valence-electron chi connectivity index (χ0n) is 19.5. The molecule has 0 aromatic heterocycles. The van der Waals surface area contributed by atoms with Gasteiger partial charge in [-0.3, -0.25) is 9.59 Å². The molecule has 1 heterocycles. The molecule has 4 amide bonds. The van der Waals surface area contributed by atoms with Crippen molar-refractivity contribution in [2.75, 3.05) is 25.0 Å². The van der Waals surface area contributed by atoms with Crippen molar-refractivity contribution >= 4 is 39.5 Å². The van der Waals surface area contributed by atoms with Gasteiger partial charge in [0.1, 0.15) is 6.04 Å². The summed E-state index contributed by atoms with van der Waals surface area (Å²) < 4.78 is 0.760. The van der Waals surface area contributed by atoms with E-state index in [1.54, 1.807) is 11.0 Å². The van der Waals surface area contributed by atoms with Crippen LogP contribution in [0.3, 0.4) is 0 Å². The number of halogens is 1. The number of hydrogen-bond donors (Lipinski definition) is 2. The van der Waals surface area contributed by atoms with Gasteiger partial charge in [-0.2, -0.15) is 0 Å². The Kier molecular flexibility index (Phi) is 8.13. The van der Waals surface area contributed by atoms with Gasteiger partial charge in [0.2, 0.25) is 5.91 Å². The third-order valence-electron chi connectivity index (χ3n) is 5.84. The molecule has 2 atom stereocenters. The summed E-state index contributed by atoms with van der Waals surface area (Å²) in [7, 11) is 0. The molecule has 1 aliphatic heterocycles. The van der Waals surface area contributed by atoms with Crippen LogP contribution in [0.15, 0.2) is 53.0 Å². The number of carbonyl (C=O) groups is 3. The topological polar surface area (TPSA) is 81.8 Å². The Hall–Kier alpha value is -2.87. The van der Waals surface area contributed by atoms with Crippen LogP contribution in [0.4, 0.5) is 10.5 Å². The molecule has 0 radical (unpaired) electrons. The third kappa shape index (κ3) is 6.13. The van der Waals surface area contributed by atoms with Crippen LogP contribution in [0, 0.1) is 12.8 Å². The molecule has 0 spiro atoms. The molecule has 2 aromatic carbocycles. The van der Waals surface area contributed by atoms with Gasteiger partial charge < -0.3 is 20.4 Å². The van der Waals surface area contributed by atoms with E-state index in [0.29, 0.717) is 30.9 Å². The lowest BCUT2D eigenvalue weighted by molar-refractivity contribution is -0.136. The van der Waals surface area contributed by atoms with Crippen molar-refractivity contribution in [1.82, 2.24) is 15.1 Å². The second kappa shape index (κ2) is 10.8. The second-order valence-corrected chi connectivity index (χ2v) is 9.65.